The van der Waals surface area contributed by atoms with Crippen LogP contribution in [0.2, 0.25) is 0 Å². The van der Waals surface area contributed by atoms with Crippen LogP contribution in [0.4, 0.5) is 5.69 Å². The molecule has 0 bridgehead atoms. The molecule has 29 heavy (non-hydrogen) atoms. The fourth-order valence-corrected chi connectivity index (χ4v) is 4.02. The lowest BCUT2D eigenvalue weighted by Gasteiger charge is -2.34. The van der Waals surface area contributed by atoms with Gasteiger partial charge in [-0.1, -0.05) is 18.2 Å². The number of hydrogen-bond donors (Lipinski definition) is 2. The van der Waals surface area contributed by atoms with Crippen molar-refractivity contribution in [3.8, 4) is 0 Å². The molecule has 3 rings (SSSR count). The number of halogens is 1. The highest BCUT2D eigenvalue weighted by Crippen LogP contribution is 2.25. The van der Waals surface area contributed by atoms with Crippen molar-refractivity contribution in [1.29, 1.82) is 0 Å². The minimum atomic E-state index is -0.384. The lowest BCUT2D eigenvalue weighted by molar-refractivity contribution is -0.384. The van der Waals surface area contributed by atoms with Gasteiger partial charge in [-0.15, -0.1) is 35.3 Å². The summed E-state index contributed by atoms with van der Waals surface area (Å²) in [6.45, 7) is 4.49. The van der Waals surface area contributed by atoms with Gasteiger partial charge in [-0.3, -0.25) is 20.0 Å². The fourth-order valence-electron chi connectivity index (χ4n) is 3.16. The van der Waals surface area contributed by atoms with E-state index >= 15 is 0 Å². The molecule has 0 aliphatic carbocycles. The Labute approximate surface area is 191 Å². The van der Waals surface area contributed by atoms with Crippen molar-refractivity contribution >= 4 is 47.0 Å². The van der Waals surface area contributed by atoms with Crippen molar-refractivity contribution < 1.29 is 9.66 Å². The molecule has 0 amide bonds. The summed E-state index contributed by atoms with van der Waals surface area (Å²) in [7, 11) is 1.72. The van der Waals surface area contributed by atoms with Gasteiger partial charge in [0.25, 0.3) is 5.69 Å². The van der Waals surface area contributed by atoms with Crippen LogP contribution in [-0.2, 0) is 11.3 Å². The SMILES string of the molecule is CN=C(NCc1cccc([N+](=O)[O-])c1)NCC(c1cccs1)N1CCOCC1.I. The van der Waals surface area contributed by atoms with Gasteiger partial charge in [0.05, 0.1) is 24.2 Å². The Balaban J connectivity index is 0.00000300. The Morgan fingerprint density at radius 1 is 1.31 bits per heavy atom. The molecular weight excluding hydrogens is 505 g/mol. The van der Waals surface area contributed by atoms with Gasteiger partial charge in [0.1, 0.15) is 0 Å². The predicted molar refractivity (Wildman–Crippen MR) is 126 cm³/mol. The number of rotatable bonds is 7. The van der Waals surface area contributed by atoms with Crippen molar-refractivity contribution in [3.05, 3.63) is 62.3 Å². The Morgan fingerprint density at radius 3 is 2.76 bits per heavy atom. The molecule has 2 N–H and O–H groups in total. The van der Waals surface area contributed by atoms with E-state index in [-0.39, 0.29) is 40.6 Å². The Bertz CT molecular complexity index is 797. The highest BCUT2D eigenvalue weighted by atomic mass is 127. The molecule has 1 aliphatic rings. The molecular formula is C19H26IN5O3S. The molecule has 0 radical (unpaired) electrons. The van der Waals surface area contributed by atoms with E-state index in [1.165, 1.54) is 10.9 Å². The van der Waals surface area contributed by atoms with Crippen LogP contribution in [0.1, 0.15) is 16.5 Å². The molecule has 1 atom stereocenters. The lowest BCUT2D eigenvalue weighted by Crippen LogP contribution is -2.46. The maximum Gasteiger partial charge on any atom is 0.269 e. The van der Waals surface area contributed by atoms with E-state index in [0.717, 1.165) is 38.4 Å². The fraction of sp³-hybridized carbons (Fsp3) is 0.421. The summed E-state index contributed by atoms with van der Waals surface area (Å²) in [5.41, 5.74) is 0.924. The summed E-state index contributed by atoms with van der Waals surface area (Å²) >= 11 is 1.75. The number of ether oxygens (including phenoxy) is 1. The van der Waals surface area contributed by atoms with Crippen LogP contribution < -0.4 is 10.6 Å². The van der Waals surface area contributed by atoms with E-state index in [1.54, 1.807) is 30.5 Å². The second-order valence-corrected chi connectivity index (χ2v) is 7.39. The number of nitro benzene ring substituents is 1. The molecule has 0 saturated carbocycles. The second-order valence-electron chi connectivity index (χ2n) is 6.41. The molecule has 1 unspecified atom stereocenters. The number of nitrogens with zero attached hydrogens (tertiary/aromatic N) is 3. The quantitative estimate of drug-likeness (QED) is 0.188. The first-order valence-electron chi connectivity index (χ1n) is 9.20. The maximum absolute atomic E-state index is 10.9. The van der Waals surface area contributed by atoms with Crippen LogP contribution in [0.5, 0.6) is 0 Å². The van der Waals surface area contributed by atoms with E-state index in [2.05, 4.69) is 38.0 Å². The second kappa shape index (κ2) is 12.1. The van der Waals surface area contributed by atoms with Crippen LogP contribution in [0.25, 0.3) is 0 Å². The zero-order valence-corrected chi connectivity index (χ0v) is 19.4. The van der Waals surface area contributed by atoms with Crippen LogP contribution >= 0.6 is 35.3 Å². The van der Waals surface area contributed by atoms with Gasteiger partial charge in [0.15, 0.2) is 5.96 Å². The van der Waals surface area contributed by atoms with Gasteiger partial charge in [0.2, 0.25) is 0 Å². The van der Waals surface area contributed by atoms with Gasteiger partial charge in [-0.25, -0.2) is 0 Å². The van der Waals surface area contributed by atoms with Gasteiger partial charge in [-0.2, -0.15) is 0 Å². The molecule has 2 aromatic rings. The molecule has 0 spiro atoms. The number of benzene rings is 1. The third-order valence-corrected chi connectivity index (χ3v) is 5.60. The Kier molecular flexibility index (Phi) is 9.78. The molecule has 10 heteroatoms. The van der Waals surface area contributed by atoms with Crippen molar-refractivity contribution in [3.63, 3.8) is 0 Å². The van der Waals surface area contributed by atoms with Crippen molar-refractivity contribution in [2.45, 2.75) is 12.6 Å². The zero-order chi connectivity index (χ0) is 19.8. The molecule has 8 nitrogen and oxygen atoms in total. The number of guanidine groups is 1. The first kappa shape index (κ1) is 23.5. The zero-order valence-electron chi connectivity index (χ0n) is 16.2. The smallest absolute Gasteiger partial charge is 0.269 e. The van der Waals surface area contributed by atoms with E-state index in [1.807, 2.05) is 6.07 Å². The molecule has 2 heterocycles. The number of nitrogens with one attached hydrogen (secondary N) is 2. The third-order valence-electron chi connectivity index (χ3n) is 4.63. The molecule has 1 aromatic heterocycles. The van der Waals surface area contributed by atoms with Crippen molar-refractivity contribution in [1.82, 2.24) is 15.5 Å². The summed E-state index contributed by atoms with van der Waals surface area (Å²) in [5.74, 6) is 0.668. The van der Waals surface area contributed by atoms with E-state index in [0.29, 0.717) is 12.5 Å². The van der Waals surface area contributed by atoms with Crippen LogP contribution in [-0.4, -0.2) is 55.7 Å². The van der Waals surface area contributed by atoms with Crippen molar-refractivity contribution in [2.75, 3.05) is 39.9 Å². The number of non-ortho nitro benzene ring substituents is 1. The molecule has 1 aliphatic heterocycles. The largest absolute Gasteiger partial charge is 0.379 e. The van der Waals surface area contributed by atoms with Gasteiger partial charge < -0.3 is 15.4 Å². The number of thiophene rings is 1. The van der Waals surface area contributed by atoms with E-state index in [4.69, 9.17) is 4.74 Å². The average Bonchev–Trinajstić information content (AvgIpc) is 3.26. The monoisotopic (exact) mass is 531 g/mol. The maximum atomic E-state index is 10.9. The van der Waals surface area contributed by atoms with Crippen LogP contribution in [0, 0.1) is 10.1 Å². The molecule has 158 valence electrons. The van der Waals surface area contributed by atoms with E-state index < -0.39 is 0 Å². The highest BCUT2D eigenvalue weighted by Gasteiger charge is 2.23. The number of hydrogen-bond acceptors (Lipinski definition) is 6. The van der Waals surface area contributed by atoms with Crippen molar-refractivity contribution in [2.24, 2.45) is 4.99 Å². The first-order chi connectivity index (χ1) is 13.7. The standard InChI is InChI=1S/C19H25N5O3S.HI/c1-20-19(21-13-15-4-2-5-16(12-15)24(25)26)22-14-17(18-6-3-11-28-18)23-7-9-27-10-8-23;/h2-6,11-12,17H,7-10,13-14H2,1H3,(H2,20,21,22);1H. The summed E-state index contributed by atoms with van der Waals surface area (Å²) in [5, 5.41) is 19.6. The van der Waals surface area contributed by atoms with E-state index in [9.17, 15) is 10.1 Å². The van der Waals surface area contributed by atoms with Crippen LogP contribution in [0.15, 0.2) is 46.8 Å². The van der Waals surface area contributed by atoms with Gasteiger partial charge in [-0.05, 0) is 17.0 Å². The van der Waals surface area contributed by atoms with Gasteiger partial charge >= 0.3 is 0 Å². The summed E-state index contributed by atoms with van der Waals surface area (Å²) in [4.78, 5) is 18.6. The third kappa shape index (κ3) is 6.91. The Hall–Kier alpha value is -1.76. The number of nitro groups is 1. The summed E-state index contributed by atoms with van der Waals surface area (Å²) in [6, 6.07) is 11.1. The minimum absolute atomic E-state index is 0. The minimum Gasteiger partial charge on any atom is -0.379 e. The summed E-state index contributed by atoms with van der Waals surface area (Å²) < 4.78 is 5.49. The number of morpholine rings is 1. The molecule has 1 saturated heterocycles. The van der Waals surface area contributed by atoms with Crippen LogP contribution in [0.3, 0.4) is 0 Å². The molecule has 1 aromatic carbocycles. The van der Waals surface area contributed by atoms with Gasteiger partial charge in [0, 0.05) is 50.2 Å². The first-order valence-corrected chi connectivity index (χ1v) is 10.1. The normalized spacial score (nSPS) is 16.0. The lowest BCUT2D eigenvalue weighted by atomic mass is 10.2. The summed E-state index contributed by atoms with van der Waals surface area (Å²) in [6.07, 6.45) is 0. The molecule has 1 fully saturated rings. The highest BCUT2D eigenvalue weighted by molar-refractivity contribution is 14.0. The Morgan fingerprint density at radius 2 is 2.10 bits per heavy atom. The average molecular weight is 531 g/mol. The predicted octanol–water partition coefficient (Wildman–Crippen LogP) is 3.01. The topological polar surface area (TPSA) is 92.0 Å². The number of aliphatic imine (C=N–C) groups is 1.